The molecular weight excluding hydrogens is 346 g/mol. The Morgan fingerprint density at radius 2 is 1.74 bits per heavy atom. The van der Waals surface area contributed by atoms with E-state index in [1.807, 2.05) is 12.1 Å². The van der Waals surface area contributed by atoms with Crippen molar-refractivity contribution < 1.29 is 19.1 Å². The average Bonchev–Trinajstić information content (AvgIpc) is 2.94. The molecule has 2 aliphatic heterocycles. The highest BCUT2D eigenvalue weighted by atomic mass is 16.5. The number of carbonyl (C=O) groups excluding carboxylic acids is 3. The van der Waals surface area contributed by atoms with Gasteiger partial charge in [0.1, 0.15) is 0 Å². The summed E-state index contributed by atoms with van der Waals surface area (Å²) in [6, 6.07) is 7.60. The summed E-state index contributed by atoms with van der Waals surface area (Å²) in [6.45, 7) is 2.46. The maximum Gasteiger partial charge on any atom is 0.331 e. The standard InChI is InChI=1S/C20H25N3O4/c24-18(23-14-11-21-20(23)26)15-27-19(25)10-7-16-5-8-17(9-6-16)22-12-3-1-2-4-13-22/h5-10H,1-4,11-15H2,(H,21,26)/b10-7+. The van der Waals surface area contributed by atoms with Crippen molar-refractivity contribution in [3.63, 3.8) is 0 Å². The highest BCUT2D eigenvalue weighted by molar-refractivity contribution is 5.97. The SMILES string of the molecule is O=C(/C=C/c1ccc(N2CCCCCC2)cc1)OCC(=O)N1CCNC1=O. The van der Waals surface area contributed by atoms with Crippen molar-refractivity contribution in [3.8, 4) is 0 Å². The van der Waals surface area contributed by atoms with Crippen molar-refractivity contribution in [2.45, 2.75) is 25.7 Å². The molecule has 0 saturated carbocycles. The normalized spacial score (nSPS) is 17.7. The Morgan fingerprint density at radius 1 is 1.04 bits per heavy atom. The molecule has 7 heteroatoms. The van der Waals surface area contributed by atoms with E-state index in [1.165, 1.54) is 37.4 Å². The first-order valence-corrected chi connectivity index (χ1v) is 9.41. The quantitative estimate of drug-likeness (QED) is 0.634. The molecule has 0 aliphatic carbocycles. The third-order valence-electron chi connectivity index (χ3n) is 4.77. The van der Waals surface area contributed by atoms with E-state index in [0.29, 0.717) is 13.1 Å². The van der Waals surface area contributed by atoms with E-state index in [1.54, 1.807) is 6.08 Å². The van der Waals surface area contributed by atoms with Crippen LogP contribution < -0.4 is 10.2 Å². The molecule has 2 aliphatic rings. The zero-order valence-corrected chi connectivity index (χ0v) is 15.4. The van der Waals surface area contributed by atoms with Gasteiger partial charge in [0.2, 0.25) is 0 Å². The van der Waals surface area contributed by atoms with Gasteiger partial charge in [0, 0.05) is 37.9 Å². The number of nitrogens with one attached hydrogen (secondary N) is 1. The minimum absolute atomic E-state index is 0.300. The van der Waals surface area contributed by atoms with Crippen molar-refractivity contribution in [2.75, 3.05) is 37.7 Å². The number of anilines is 1. The summed E-state index contributed by atoms with van der Waals surface area (Å²) in [5.41, 5.74) is 2.09. The third-order valence-corrected chi connectivity index (χ3v) is 4.77. The van der Waals surface area contributed by atoms with Crippen LogP contribution in [0.2, 0.25) is 0 Å². The van der Waals surface area contributed by atoms with E-state index in [-0.39, 0.29) is 0 Å². The van der Waals surface area contributed by atoms with E-state index in [9.17, 15) is 14.4 Å². The summed E-state index contributed by atoms with van der Waals surface area (Å²) in [5, 5.41) is 2.52. The van der Waals surface area contributed by atoms with Gasteiger partial charge >= 0.3 is 12.0 Å². The molecule has 144 valence electrons. The number of ether oxygens (including phenoxy) is 1. The number of amides is 3. The van der Waals surface area contributed by atoms with Gasteiger partial charge < -0.3 is 15.0 Å². The molecule has 0 spiro atoms. The number of carbonyl (C=O) groups is 3. The van der Waals surface area contributed by atoms with Gasteiger partial charge in [0.05, 0.1) is 0 Å². The van der Waals surface area contributed by atoms with Gasteiger partial charge in [-0.2, -0.15) is 0 Å². The molecule has 1 aromatic carbocycles. The van der Waals surface area contributed by atoms with Gasteiger partial charge in [-0.1, -0.05) is 25.0 Å². The van der Waals surface area contributed by atoms with Gasteiger partial charge in [-0.25, -0.2) is 9.59 Å². The van der Waals surface area contributed by atoms with Crippen molar-refractivity contribution >= 4 is 29.7 Å². The molecular formula is C20H25N3O4. The lowest BCUT2D eigenvalue weighted by Gasteiger charge is -2.22. The van der Waals surface area contributed by atoms with Gasteiger partial charge in [0.15, 0.2) is 6.61 Å². The molecule has 0 bridgehead atoms. The zero-order valence-electron chi connectivity index (χ0n) is 15.4. The van der Waals surface area contributed by atoms with Crippen LogP contribution in [0.15, 0.2) is 30.3 Å². The van der Waals surface area contributed by atoms with Crippen molar-refractivity contribution in [1.82, 2.24) is 10.2 Å². The van der Waals surface area contributed by atoms with E-state index in [2.05, 4.69) is 22.3 Å². The van der Waals surface area contributed by atoms with Crippen LogP contribution in [0.25, 0.3) is 6.08 Å². The summed E-state index contributed by atoms with van der Waals surface area (Å²) in [4.78, 5) is 38.4. The fraction of sp³-hybridized carbons (Fsp3) is 0.450. The first-order chi connectivity index (χ1) is 13.1. The van der Waals surface area contributed by atoms with Gasteiger partial charge in [0.25, 0.3) is 5.91 Å². The Bertz CT molecular complexity index is 706. The van der Waals surface area contributed by atoms with Crippen LogP contribution >= 0.6 is 0 Å². The highest BCUT2D eigenvalue weighted by Crippen LogP contribution is 2.20. The first kappa shape index (κ1) is 18.9. The van der Waals surface area contributed by atoms with Gasteiger partial charge in [-0.05, 0) is 36.6 Å². The Balaban J connectivity index is 1.47. The Morgan fingerprint density at radius 3 is 2.37 bits per heavy atom. The maximum atomic E-state index is 11.8. The van der Waals surface area contributed by atoms with Gasteiger partial charge in [-0.3, -0.25) is 9.69 Å². The molecule has 27 heavy (non-hydrogen) atoms. The Labute approximate surface area is 159 Å². The van der Waals surface area contributed by atoms with Crippen LogP contribution in [0.4, 0.5) is 10.5 Å². The van der Waals surface area contributed by atoms with Crippen LogP contribution in [-0.2, 0) is 14.3 Å². The molecule has 7 nitrogen and oxygen atoms in total. The fourth-order valence-corrected chi connectivity index (χ4v) is 3.26. The number of hydrogen-bond donors (Lipinski definition) is 1. The topological polar surface area (TPSA) is 79.0 Å². The summed E-state index contributed by atoms with van der Waals surface area (Å²) >= 11 is 0. The van der Waals surface area contributed by atoms with Crippen molar-refractivity contribution in [3.05, 3.63) is 35.9 Å². The maximum absolute atomic E-state index is 11.8. The van der Waals surface area contributed by atoms with Crippen LogP contribution in [0.5, 0.6) is 0 Å². The van der Waals surface area contributed by atoms with Crippen LogP contribution in [0.1, 0.15) is 31.2 Å². The molecule has 0 aromatic heterocycles. The number of nitrogens with zero attached hydrogens (tertiary/aromatic N) is 2. The largest absolute Gasteiger partial charge is 0.452 e. The number of esters is 1. The summed E-state index contributed by atoms with van der Waals surface area (Å²) < 4.78 is 4.91. The summed E-state index contributed by atoms with van der Waals surface area (Å²) in [7, 11) is 0. The van der Waals surface area contributed by atoms with Crippen LogP contribution in [-0.4, -0.2) is 55.6 Å². The van der Waals surface area contributed by atoms with Crippen molar-refractivity contribution in [1.29, 1.82) is 0 Å². The van der Waals surface area contributed by atoms with Crippen LogP contribution in [0.3, 0.4) is 0 Å². The van der Waals surface area contributed by atoms with Crippen molar-refractivity contribution in [2.24, 2.45) is 0 Å². The van der Waals surface area contributed by atoms with E-state index < -0.39 is 24.5 Å². The molecule has 0 unspecified atom stereocenters. The molecule has 2 fully saturated rings. The number of urea groups is 1. The minimum atomic E-state index is -0.612. The first-order valence-electron chi connectivity index (χ1n) is 9.41. The molecule has 3 amide bonds. The predicted molar refractivity (Wildman–Crippen MR) is 102 cm³/mol. The lowest BCUT2D eigenvalue weighted by molar-refractivity contribution is -0.146. The number of hydrogen-bond acceptors (Lipinski definition) is 5. The van der Waals surface area contributed by atoms with Crippen LogP contribution in [0, 0.1) is 0 Å². The second kappa shape index (κ2) is 9.21. The van der Waals surface area contributed by atoms with E-state index in [4.69, 9.17) is 4.74 Å². The second-order valence-corrected chi connectivity index (χ2v) is 6.71. The molecule has 1 N–H and O–H groups in total. The average molecular weight is 371 g/mol. The van der Waals surface area contributed by atoms with E-state index in [0.717, 1.165) is 23.6 Å². The zero-order chi connectivity index (χ0) is 19.1. The molecule has 1 aromatic rings. The lowest BCUT2D eigenvalue weighted by Crippen LogP contribution is -2.37. The monoisotopic (exact) mass is 371 g/mol. The second-order valence-electron chi connectivity index (χ2n) is 6.71. The summed E-state index contributed by atoms with van der Waals surface area (Å²) in [5.74, 6) is -1.13. The highest BCUT2D eigenvalue weighted by Gasteiger charge is 2.26. The molecule has 2 saturated heterocycles. The molecule has 0 radical (unpaired) electrons. The van der Waals surface area contributed by atoms with Gasteiger partial charge in [-0.15, -0.1) is 0 Å². The Kier molecular flexibility index (Phi) is 6.46. The third kappa shape index (κ3) is 5.32. The molecule has 2 heterocycles. The Hall–Kier alpha value is -2.83. The van der Waals surface area contributed by atoms with E-state index >= 15 is 0 Å². The summed E-state index contributed by atoms with van der Waals surface area (Å²) in [6.07, 6.45) is 7.99. The number of imide groups is 1. The predicted octanol–water partition coefficient (Wildman–Crippen LogP) is 2.18. The molecule has 3 rings (SSSR count). The fourth-order valence-electron chi connectivity index (χ4n) is 3.26. The smallest absolute Gasteiger partial charge is 0.331 e. The minimum Gasteiger partial charge on any atom is -0.452 e. The molecule has 0 atom stereocenters. The number of rotatable bonds is 5. The number of benzene rings is 1. The lowest BCUT2D eigenvalue weighted by atomic mass is 10.1.